The smallest absolute Gasteiger partial charge is 0.305 e. The second kappa shape index (κ2) is 6.18. The van der Waals surface area contributed by atoms with Crippen molar-refractivity contribution in [2.45, 2.75) is 56.4 Å². The van der Waals surface area contributed by atoms with Crippen LogP contribution in [-0.4, -0.2) is 34.6 Å². The van der Waals surface area contributed by atoms with E-state index in [1.165, 1.54) is 24.8 Å². The highest BCUT2D eigenvalue weighted by atomic mass is 16.4. The first kappa shape index (κ1) is 14.6. The Morgan fingerprint density at radius 2 is 1.86 bits per heavy atom. The van der Waals surface area contributed by atoms with Crippen LogP contribution in [0.4, 0.5) is 0 Å². The van der Waals surface area contributed by atoms with E-state index in [1.54, 1.807) is 0 Å². The Balaban J connectivity index is 1.98. The molecule has 1 aliphatic carbocycles. The number of aliphatic carboxylic acids is 1. The van der Waals surface area contributed by atoms with Crippen LogP contribution < -0.4 is 0 Å². The van der Waals surface area contributed by atoms with E-state index in [9.17, 15) is 9.90 Å². The van der Waals surface area contributed by atoms with E-state index in [0.29, 0.717) is 5.92 Å². The van der Waals surface area contributed by atoms with Gasteiger partial charge in [0.25, 0.3) is 0 Å². The maximum atomic E-state index is 11.6. The maximum Gasteiger partial charge on any atom is 0.305 e. The van der Waals surface area contributed by atoms with Crippen molar-refractivity contribution in [1.29, 1.82) is 0 Å². The van der Waals surface area contributed by atoms with Gasteiger partial charge in [0.05, 0.1) is 6.42 Å². The van der Waals surface area contributed by atoms with Gasteiger partial charge in [-0.15, -0.1) is 0 Å². The van der Waals surface area contributed by atoms with E-state index in [4.69, 9.17) is 0 Å². The number of benzene rings is 1. The fraction of sp³-hybridized carbons (Fsp3) is 0.611. The average Bonchev–Trinajstić information content (AvgIpc) is 3.03. The van der Waals surface area contributed by atoms with Gasteiger partial charge in [-0.3, -0.25) is 9.69 Å². The molecule has 0 bridgehead atoms. The lowest BCUT2D eigenvalue weighted by Crippen LogP contribution is -2.54. The van der Waals surface area contributed by atoms with Gasteiger partial charge in [-0.2, -0.15) is 0 Å². The number of rotatable bonds is 4. The van der Waals surface area contributed by atoms with Gasteiger partial charge in [0.2, 0.25) is 0 Å². The summed E-state index contributed by atoms with van der Waals surface area (Å²) in [5, 5.41) is 9.53. The van der Waals surface area contributed by atoms with Crippen molar-refractivity contribution in [3.8, 4) is 0 Å². The fourth-order valence-corrected chi connectivity index (χ4v) is 4.51. The molecule has 3 rings (SSSR count). The van der Waals surface area contributed by atoms with Crippen LogP contribution in [-0.2, 0) is 4.79 Å². The van der Waals surface area contributed by atoms with Crippen LogP contribution in [0.25, 0.3) is 0 Å². The molecule has 3 nitrogen and oxygen atoms in total. The number of carboxylic acid groups (broad SMARTS) is 1. The number of hydrogen-bond acceptors (Lipinski definition) is 2. The van der Waals surface area contributed by atoms with Crippen molar-refractivity contribution in [2.24, 2.45) is 0 Å². The predicted molar refractivity (Wildman–Crippen MR) is 83.4 cm³/mol. The summed E-state index contributed by atoms with van der Waals surface area (Å²) < 4.78 is 0. The van der Waals surface area contributed by atoms with Crippen LogP contribution in [0.3, 0.4) is 0 Å². The topological polar surface area (TPSA) is 40.5 Å². The molecule has 1 aliphatic heterocycles. The minimum absolute atomic E-state index is 0.165. The summed E-state index contributed by atoms with van der Waals surface area (Å²) in [7, 11) is 0. The summed E-state index contributed by atoms with van der Waals surface area (Å²) in [5.74, 6) is -0.286. The monoisotopic (exact) mass is 287 g/mol. The van der Waals surface area contributed by atoms with Crippen LogP contribution >= 0.6 is 0 Å². The summed E-state index contributed by atoms with van der Waals surface area (Å²) in [4.78, 5) is 14.1. The SMILES string of the molecule is O=C(O)CC1(N2CCCC2)CCCCC1c1ccccc1. The molecule has 2 atom stereocenters. The number of carboxylic acids is 1. The lowest BCUT2D eigenvalue weighted by molar-refractivity contribution is -0.141. The van der Waals surface area contributed by atoms with Gasteiger partial charge >= 0.3 is 5.97 Å². The second-order valence-electron chi connectivity index (χ2n) is 6.58. The molecule has 1 aromatic rings. The van der Waals surface area contributed by atoms with E-state index >= 15 is 0 Å². The van der Waals surface area contributed by atoms with Crippen molar-refractivity contribution in [2.75, 3.05) is 13.1 Å². The molecule has 1 saturated heterocycles. The van der Waals surface area contributed by atoms with E-state index in [2.05, 4.69) is 29.2 Å². The Bertz CT molecular complexity index is 481. The lowest BCUT2D eigenvalue weighted by Gasteiger charge is -2.50. The van der Waals surface area contributed by atoms with E-state index in [-0.39, 0.29) is 12.0 Å². The molecule has 0 amide bonds. The zero-order chi connectivity index (χ0) is 14.7. The quantitative estimate of drug-likeness (QED) is 0.919. The molecule has 1 aromatic carbocycles. The second-order valence-corrected chi connectivity index (χ2v) is 6.58. The highest BCUT2D eigenvalue weighted by Crippen LogP contribution is 2.47. The average molecular weight is 287 g/mol. The first-order valence-corrected chi connectivity index (χ1v) is 8.24. The molecule has 2 aliphatic rings. The normalized spacial score (nSPS) is 30.4. The highest BCUT2D eigenvalue weighted by molar-refractivity contribution is 5.69. The Hall–Kier alpha value is -1.35. The molecule has 2 fully saturated rings. The van der Waals surface area contributed by atoms with Gasteiger partial charge in [-0.1, -0.05) is 43.2 Å². The number of nitrogens with zero attached hydrogens (tertiary/aromatic N) is 1. The van der Waals surface area contributed by atoms with Crippen LogP contribution in [0.15, 0.2) is 30.3 Å². The molecule has 2 unspecified atom stereocenters. The van der Waals surface area contributed by atoms with E-state index in [0.717, 1.165) is 32.4 Å². The Morgan fingerprint density at radius 3 is 2.52 bits per heavy atom. The standard InChI is InChI=1S/C18H25NO2/c20-17(21)14-18(19-12-6-7-13-19)11-5-4-10-16(18)15-8-2-1-3-9-15/h1-3,8-9,16H,4-7,10-14H2,(H,20,21). The van der Waals surface area contributed by atoms with Crippen molar-refractivity contribution in [1.82, 2.24) is 4.90 Å². The summed E-state index contributed by atoms with van der Waals surface area (Å²) >= 11 is 0. The summed E-state index contributed by atoms with van der Waals surface area (Å²) in [6.07, 6.45) is 7.23. The van der Waals surface area contributed by atoms with Gasteiger partial charge in [0.15, 0.2) is 0 Å². The molecule has 1 heterocycles. The molecule has 21 heavy (non-hydrogen) atoms. The molecule has 3 heteroatoms. The molecule has 1 N–H and O–H groups in total. The fourth-order valence-electron chi connectivity index (χ4n) is 4.51. The van der Waals surface area contributed by atoms with Crippen molar-refractivity contribution < 1.29 is 9.90 Å². The minimum atomic E-state index is -0.648. The van der Waals surface area contributed by atoms with Crippen molar-refractivity contribution in [3.05, 3.63) is 35.9 Å². The largest absolute Gasteiger partial charge is 0.481 e. The third-order valence-corrected chi connectivity index (χ3v) is 5.40. The molecule has 114 valence electrons. The summed E-state index contributed by atoms with van der Waals surface area (Å²) in [5.41, 5.74) is 1.16. The van der Waals surface area contributed by atoms with Gasteiger partial charge in [-0.25, -0.2) is 0 Å². The number of hydrogen-bond donors (Lipinski definition) is 1. The van der Waals surface area contributed by atoms with E-state index in [1.807, 2.05) is 6.07 Å². The first-order valence-electron chi connectivity index (χ1n) is 8.24. The zero-order valence-corrected chi connectivity index (χ0v) is 12.6. The Labute approximate surface area is 127 Å². The molecule has 0 aromatic heterocycles. The predicted octanol–water partition coefficient (Wildman–Crippen LogP) is 3.65. The maximum absolute atomic E-state index is 11.6. The number of likely N-dealkylation sites (tertiary alicyclic amines) is 1. The van der Waals surface area contributed by atoms with Crippen LogP contribution in [0.5, 0.6) is 0 Å². The lowest BCUT2D eigenvalue weighted by atomic mass is 9.67. The Morgan fingerprint density at radius 1 is 1.14 bits per heavy atom. The third-order valence-electron chi connectivity index (χ3n) is 5.40. The molecular formula is C18H25NO2. The van der Waals surface area contributed by atoms with Crippen molar-refractivity contribution >= 4 is 5.97 Å². The van der Waals surface area contributed by atoms with Gasteiger partial charge < -0.3 is 5.11 Å². The van der Waals surface area contributed by atoms with E-state index < -0.39 is 5.97 Å². The summed E-state index contributed by atoms with van der Waals surface area (Å²) in [6.45, 7) is 2.13. The first-order chi connectivity index (χ1) is 10.2. The van der Waals surface area contributed by atoms with Gasteiger partial charge in [0, 0.05) is 11.5 Å². The zero-order valence-electron chi connectivity index (χ0n) is 12.6. The Kier molecular flexibility index (Phi) is 4.29. The number of carbonyl (C=O) groups is 1. The van der Waals surface area contributed by atoms with Crippen LogP contribution in [0.1, 0.15) is 56.4 Å². The van der Waals surface area contributed by atoms with Gasteiger partial charge in [0.1, 0.15) is 0 Å². The highest BCUT2D eigenvalue weighted by Gasteiger charge is 2.47. The molecule has 1 saturated carbocycles. The minimum Gasteiger partial charge on any atom is -0.481 e. The van der Waals surface area contributed by atoms with Crippen LogP contribution in [0, 0.1) is 0 Å². The van der Waals surface area contributed by atoms with Crippen molar-refractivity contribution in [3.63, 3.8) is 0 Å². The van der Waals surface area contributed by atoms with Crippen LogP contribution in [0.2, 0.25) is 0 Å². The third kappa shape index (κ3) is 2.84. The molecule has 0 radical (unpaired) electrons. The molecular weight excluding hydrogens is 262 g/mol. The van der Waals surface area contributed by atoms with Gasteiger partial charge in [-0.05, 0) is 44.3 Å². The summed E-state index contributed by atoms with van der Waals surface area (Å²) in [6, 6.07) is 10.6. The molecule has 0 spiro atoms.